The fourth-order valence-corrected chi connectivity index (χ4v) is 3.59. The molecule has 108 valence electrons. The topological polar surface area (TPSA) is 44.4 Å². The molecule has 4 nitrogen and oxygen atoms in total. The third-order valence-corrected chi connectivity index (χ3v) is 4.68. The van der Waals surface area contributed by atoms with Gasteiger partial charge in [-0.15, -0.1) is 0 Å². The van der Waals surface area contributed by atoms with Crippen LogP contribution >= 0.6 is 0 Å². The first kappa shape index (κ1) is 13.4. The van der Waals surface area contributed by atoms with Crippen LogP contribution in [0, 0.1) is 6.92 Å². The molecule has 2 saturated heterocycles. The highest BCUT2D eigenvalue weighted by Crippen LogP contribution is 2.28. The lowest BCUT2D eigenvalue weighted by atomic mass is 10.0. The fourth-order valence-electron chi connectivity index (χ4n) is 3.59. The van der Waals surface area contributed by atoms with Gasteiger partial charge in [0.2, 0.25) is 0 Å². The zero-order valence-electron chi connectivity index (χ0n) is 12.3. The van der Waals surface area contributed by atoms with E-state index < -0.39 is 0 Å². The predicted molar refractivity (Wildman–Crippen MR) is 81.2 cm³/mol. The summed E-state index contributed by atoms with van der Waals surface area (Å²) in [5, 5.41) is 6.36. The third kappa shape index (κ3) is 2.40. The average Bonchev–Trinajstić information content (AvgIpc) is 3.03. The van der Waals surface area contributed by atoms with E-state index in [2.05, 4.69) is 15.5 Å². The summed E-state index contributed by atoms with van der Waals surface area (Å²) in [4.78, 5) is 14.9. The number of benzene rings is 1. The Balaban J connectivity index is 1.68. The van der Waals surface area contributed by atoms with Crippen molar-refractivity contribution in [2.75, 3.05) is 25.5 Å². The Labute approximate surface area is 120 Å². The number of nitrogens with one attached hydrogen (secondary N) is 2. The first-order chi connectivity index (χ1) is 9.69. The van der Waals surface area contributed by atoms with E-state index in [0.717, 1.165) is 29.8 Å². The van der Waals surface area contributed by atoms with Crippen LogP contribution in [0.3, 0.4) is 0 Å². The minimum absolute atomic E-state index is 0.0644. The lowest BCUT2D eigenvalue weighted by molar-refractivity contribution is 0.0929. The molecule has 4 heteroatoms. The highest BCUT2D eigenvalue weighted by Gasteiger charge is 2.37. The molecule has 0 aliphatic carbocycles. The summed E-state index contributed by atoms with van der Waals surface area (Å²) in [7, 11) is 1.90. The van der Waals surface area contributed by atoms with Gasteiger partial charge in [0.25, 0.3) is 5.91 Å². The summed E-state index contributed by atoms with van der Waals surface area (Å²) in [5.41, 5.74) is 2.94. The van der Waals surface area contributed by atoms with Crippen molar-refractivity contribution in [2.24, 2.45) is 0 Å². The summed E-state index contributed by atoms with van der Waals surface area (Å²) >= 11 is 0. The van der Waals surface area contributed by atoms with Crippen molar-refractivity contribution in [3.8, 4) is 0 Å². The molecule has 0 radical (unpaired) electrons. The Hall–Kier alpha value is -1.55. The summed E-state index contributed by atoms with van der Waals surface area (Å²) in [5.74, 6) is 0.0644. The van der Waals surface area contributed by atoms with Crippen LogP contribution in [0.15, 0.2) is 18.2 Å². The van der Waals surface area contributed by atoms with Gasteiger partial charge in [0.05, 0.1) is 0 Å². The average molecular weight is 273 g/mol. The molecule has 1 aromatic carbocycles. The molecule has 3 rings (SSSR count). The molecule has 2 atom stereocenters. The quantitative estimate of drug-likeness (QED) is 0.885. The van der Waals surface area contributed by atoms with Crippen LogP contribution in [-0.2, 0) is 0 Å². The van der Waals surface area contributed by atoms with Gasteiger partial charge in [-0.2, -0.15) is 0 Å². The van der Waals surface area contributed by atoms with E-state index in [9.17, 15) is 4.79 Å². The van der Waals surface area contributed by atoms with E-state index >= 15 is 0 Å². The molecular weight excluding hydrogens is 250 g/mol. The lowest BCUT2D eigenvalue weighted by Crippen LogP contribution is -2.42. The number of hydrogen-bond donors (Lipinski definition) is 2. The normalized spacial score (nSPS) is 25.5. The Kier molecular flexibility index (Phi) is 3.66. The molecule has 2 N–H and O–H groups in total. The molecule has 0 saturated carbocycles. The molecule has 0 bridgehead atoms. The van der Waals surface area contributed by atoms with Crippen LogP contribution in [-0.4, -0.2) is 43.0 Å². The molecule has 2 aliphatic rings. The van der Waals surface area contributed by atoms with Crippen molar-refractivity contribution in [2.45, 2.75) is 38.3 Å². The van der Waals surface area contributed by atoms with Gasteiger partial charge in [-0.25, -0.2) is 0 Å². The van der Waals surface area contributed by atoms with Gasteiger partial charge in [-0.05, 0) is 56.5 Å². The second-order valence-electron chi connectivity index (χ2n) is 5.89. The number of nitrogens with zero attached hydrogens (tertiary/aromatic N) is 1. The number of carbonyl (C=O) groups excluding carboxylic acids is 1. The number of fused-ring (bicyclic) bond motifs is 1. The zero-order valence-corrected chi connectivity index (χ0v) is 12.3. The molecule has 20 heavy (non-hydrogen) atoms. The summed E-state index contributed by atoms with van der Waals surface area (Å²) in [6.07, 6.45) is 3.58. The molecule has 2 aliphatic heterocycles. The summed E-state index contributed by atoms with van der Waals surface area (Å²) in [6.45, 7) is 4.36. The van der Waals surface area contributed by atoms with E-state index in [1.807, 2.05) is 32.2 Å². The second kappa shape index (κ2) is 5.44. The monoisotopic (exact) mass is 273 g/mol. The van der Waals surface area contributed by atoms with Crippen LogP contribution in [0.1, 0.15) is 35.2 Å². The third-order valence-electron chi connectivity index (χ3n) is 4.68. The highest BCUT2D eigenvalue weighted by atomic mass is 16.1. The Morgan fingerprint density at radius 3 is 2.90 bits per heavy atom. The number of carbonyl (C=O) groups is 1. The smallest absolute Gasteiger partial charge is 0.251 e. The van der Waals surface area contributed by atoms with E-state index in [4.69, 9.17) is 0 Å². The van der Waals surface area contributed by atoms with Gasteiger partial charge in [0.15, 0.2) is 0 Å². The van der Waals surface area contributed by atoms with Gasteiger partial charge >= 0.3 is 0 Å². The second-order valence-corrected chi connectivity index (χ2v) is 5.89. The van der Waals surface area contributed by atoms with E-state index in [-0.39, 0.29) is 5.91 Å². The molecular formula is C16H23N3O. The number of anilines is 1. The van der Waals surface area contributed by atoms with Gasteiger partial charge < -0.3 is 10.6 Å². The first-order valence-electron chi connectivity index (χ1n) is 7.52. The predicted octanol–water partition coefficient (Wildman–Crippen LogP) is 2.00. The highest BCUT2D eigenvalue weighted by molar-refractivity contribution is 5.95. The Morgan fingerprint density at radius 2 is 2.15 bits per heavy atom. The van der Waals surface area contributed by atoms with Crippen molar-refractivity contribution in [3.63, 3.8) is 0 Å². The number of amides is 1. The maximum Gasteiger partial charge on any atom is 0.251 e. The molecule has 2 heterocycles. The minimum atomic E-state index is 0.0644. The van der Waals surface area contributed by atoms with E-state index in [1.165, 1.54) is 19.4 Å². The number of hydrogen-bond acceptors (Lipinski definition) is 3. The van der Waals surface area contributed by atoms with Gasteiger partial charge in [-0.1, -0.05) is 0 Å². The lowest BCUT2D eigenvalue weighted by Gasteiger charge is -2.21. The summed E-state index contributed by atoms with van der Waals surface area (Å²) < 4.78 is 0. The largest absolute Gasteiger partial charge is 0.388 e. The Morgan fingerprint density at radius 1 is 1.30 bits per heavy atom. The van der Waals surface area contributed by atoms with Gasteiger partial charge in [0.1, 0.15) is 0 Å². The molecule has 0 spiro atoms. The van der Waals surface area contributed by atoms with Crippen LogP contribution < -0.4 is 10.6 Å². The SMILES string of the molecule is CNc1ccc(C(=O)NC2CCN3CCCC23)cc1C. The van der Waals surface area contributed by atoms with Gasteiger partial charge in [0, 0.05) is 36.9 Å². The van der Waals surface area contributed by atoms with Crippen molar-refractivity contribution in [3.05, 3.63) is 29.3 Å². The molecule has 2 fully saturated rings. The van der Waals surface area contributed by atoms with Crippen molar-refractivity contribution >= 4 is 11.6 Å². The number of aryl methyl sites for hydroxylation is 1. The standard InChI is InChI=1S/C16H23N3O/c1-11-10-12(5-6-13(11)17-2)16(20)18-14-7-9-19-8-3-4-15(14)19/h5-6,10,14-15,17H,3-4,7-9H2,1-2H3,(H,18,20). The fraction of sp³-hybridized carbons (Fsp3) is 0.562. The van der Waals surface area contributed by atoms with Crippen LogP contribution in [0.25, 0.3) is 0 Å². The summed E-state index contributed by atoms with van der Waals surface area (Å²) in [6, 6.07) is 6.73. The van der Waals surface area contributed by atoms with Gasteiger partial charge in [-0.3, -0.25) is 9.69 Å². The van der Waals surface area contributed by atoms with Crippen LogP contribution in [0.5, 0.6) is 0 Å². The van der Waals surface area contributed by atoms with E-state index in [1.54, 1.807) is 0 Å². The Bertz CT molecular complexity index is 514. The zero-order chi connectivity index (χ0) is 14.1. The number of rotatable bonds is 3. The molecule has 2 unspecified atom stereocenters. The van der Waals surface area contributed by atoms with Crippen LogP contribution in [0.4, 0.5) is 5.69 Å². The molecule has 0 aromatic heterocycles. The molecule has 1 amide bonds. The first-order valence-corrected chi connectivity index (χ1v) is 7.52. The maximum absolute atomic E-state index is 12.4. The van der Waals surface area contributed by atoms with E-state index in [0.29, 0.717) is 12.1 Å². The maximum atomic E-state index is 12.4. The van der Waals surface area contributed by atoms with Crippen molar-refractivity contribution < 1.29 is 4.79 Å². The van der Waals surface area contributed by atoms with Crippen LogP contribution in [0.2, 0.25) is 0 Å². The van der Waals surface area contributed by atoms with Crippen molar-refractivity contribution in [1.29, 1.82) is 0 Å². The van der Waals surface area contributed by atoms with Crippen molar-refractivity contribution in [1.82, 2.24) is 10.2 Å². The molecule has 1 aromatic rings. The minimum Gasteiger partial charge on any atom is -0.388 e.